The van der Waals surface area contributed by atoms with Crippen LogP contribution in [0.15, 0.2) is 24.3 Å². The lowest BCUT2D eigenvalue weighted by molar-refractivity contribution is 0.0713. The first-order valence-electron chi connectivity index (χ1n) is 5.65. The molecule has 0 aliphatic carbocycles. The molecule has 0 heterocycles. The van der Waals surface area contributed by atoms with Gasteiger partial charge in [0.1, 0.15) is 5.82 Å². The van der Waals surface area contributed by atoms with Crippen molar-refractivity contribution in [3.05, 3.63) is 35.6 Å². The van der Waals surface area contributed by atoms with Gasteiger partial charge in [0.2, 0.25) is 0 Å². The maximum atomic E-state index is 12.6. The third-order valence-electron chi connectivity index (χ3n) is 2.42. The van der Waals surface area contributed by atoms with E-state index in [2.05, 4.69) is 5.32 Å². The van der Waals surface area contributed by atoms with Gasteiger partial charge in [-0.05, 0) is 57.5 Å². The third kappa shape index (κ3) is 5.83. The quantitative estimate of drug-likeness (QED) is 0.727. The van der Waals surface area contributed by atoms with Crippen LogP contribution in [0.4, 0.5) is 4.39 Å². The summed E-state index contributed by atoms with van der Waals surface area (Å²) in [6.07, 6.45) is 1.61. The van der Waals surface area contributed by atoms with Gasteiger partial charge in [-0.2, -0.15) is 0 Å². The van der Waals surface area contributed by atoms with Crippen LogP contribution >= 0.6 is 0 Å². The second kappa shape index (κ2) is 5.97. The molecule has 0 fully saturated rings. The smallest absolute Gasteiger partial charge is 0.123 e. The van der Waals surface area contributed by atoms with Gasteiger partial charge < -0.3 is 10.4 Å². The molecular weight excluding hydrogens is 205 g/mol. The van der Waals surface area contributed by atoms with E-state index in [1.807, 2.05) is 0 Å². The minimum atomic E-state index is -0.608. The van der Waals surface area contributed by atoms with Crippen molar-refractivity contribution in [1.29, 1.82) is 0 Å². The van der Waals surface area contributed by atoms with Crippen LogP contribution in [0.2, 0.25) is 0 Å². The van der Waals surface area contributed by atoms with Gasteiger partial charge in [0, 0.05) is 0 Å². The molecule has 16 heavy (non-hydrogen) atoms. The molecule has 0 atom stereocenters. The number of nitrogens with one attached hydrogen (secondary N) is 1. The maximum Gasteiger partial charge on any atom is 0.123 e. The highest BCUT2D eigenvalue weighted by atomic mass is 19.1. The fourth-order valence-corrected chi connectivity index (χ4v) is 1.40. The van der Waals surface area contributed by atoms with E-state index in [9.17, 15) is 9.50 Å². The summed E-state index contributed by atoms with van der Waals surface area (Å²) in [6.45, 7) is 5.25. The topological polar surface area (TPSA) is 32.3 Å². The summed E-state index contributed by atoms with van der Waals surface area (Å²) in [4.78, 5) is 0. The summed E-state index contributed by atoms with van der Waals surface area (Å²) in [5.41, 5.74) is 0.514. The zero-order valence-corrected chi connectivity index (χ0v) is 9.96. The number of aliphatic hydroxyl groups is 1. The van der Waals surface area contributed by atoms with Crippen LogP contribution in [0.1, 0.15) is 25.8 Å². The Bertz CT molecular complexity index is 303. The highest BCUT2D eigenvalue weighted by Gasteiger charge is 2.10. The lowest BCUT2D eigenvalue weighted by Crippen LogP contribution is -2.27. The Morgan fingerprint density at radius 2 is 1.81 bits per heavy atom. The Hall–Kier alpha value is -0.930. The Morgan fingerprint density at radius 3 is 2.38 bits per heavy atom. The molecular formula is C13H20FNO. The summed E-state index contributed by atoms with van der Waals surface area (Å²) in [5, 5.41) is 12.7. The number of hydrogen-bond donors (Lipinski definition) is 2. The van der Waals surface area contributed by atoms with Crippen LogP contribution in [0.5, 0.6) is 0 Å². The summed E-state index contributed by atoms with van der Waals surface area (Å²) in [6, 6.07) is 6.55. The van der Waals surface area contributed by atoms with Crippen molar-refractivity contribution in [3.8, 4) is 0 Å². The Balaban J connectivity index is 2.14. The molecule has 90 valence electrons. The van der Waals surface area contributed by atoms with Crippen LogP contribution in [-0.4, -0.2) is 23.8 Å². The van der Waals surface area contributed by atoms with E-state index >= 15 is 0 Å². The van der Waals surface area contributed by atoms with Gasteiger partial charge in [-0.25, -0.2) is 4.39 Å². The molecule has 0 aliphatic heterocycles. The average Bonchev–Trinajstić information content (AvgIpc) is 2.19. The predicted octanol–water partition coefficient (Wildman–Crippen LogP) is 2.12. The molecule has 0 spiro atoms. The van der Waals surface area contributed by atoms with Crippen LogP contribution in [-0.2, 0) is 6.42 Å². The molecule has 0 saturated carbocycles. The SMILES string of the molecule is CC(C)(O)CCNCCc1ccc(F)cc1. The van der Waals surface area contributed by atoms with E-state index in [0.717, 1.165) is 31.5 Å². The van der Waals surface area contributed by atoms with Gasteiger partial charge in [0.15, 0.2) is 0 Å². The van der Waals surface area contributed by atoms with Crippen molar-refractivity contribution in [2.75, 3.05) is 13.1 Å². The van der Waals surface area contributed by atoms with E-state index in [1.165, 1.54) is 12.1 Å². The first kappa shape index (κ1) is 13.1. The van der Waals surface area contributed by atoms with Crippen molar-refractivity contribution in [3.63, 3.8) is 0 Å². The van der Waals surface area contributed by atoms with Gasteiger partial charge in [-0.3, -0.25) is 0 Å². The fraction of sp³-hybridized carbons (Fsp3) is 0.538. The molecule has 3 heteroatoms. The average molecular weight is 225 g/mol. The molecule has 0 bridgehead atoms. The van der Waals surface area contributed by atoms with Gasteiger partial charge >= 0.3 is 0 Å². The van der Waals surface area contributed by atoms with E-state index in [0.29, 0.717) is 0 Å². The summed E-state index contributed by atoms with van der Waals surface area (Å²) < 4.78 is 12.6. The number of benzene rings is 1. The van der Waals surface area contributed by atoms with E-state index < -0.39 is 5.60 Å². The third-order valence-corrected chi connectivity index (χ3v) is 2.42. The van der Waals surface area contributed by atoms with E-state index in [4.69, 9.17) is 0 Å². The van der Waals surface area contributed by atoms with Crippen molar-refractivity contribution < 1.29 is 9.50 Å². The summed E-state index contributed by atoms with van der Waals surface area (Å²) in [7, 11) is 0. The summed E-state index contributed by atoms with van der Waals surface area (Å²) in [5.74, 6) is -0.196. The molecule has 0 amide bonds. The molecule has 1 aromatic rings. The van der Waals surface area contributed by atoms with Crippen molar-refractivity contribution in [2.24, 2.45) is 0 Å². The molecule has 0 unspecified atom stereocenters. The van der Waals surface area contributed by atoms with E-state index in [1.54, 1.807) is 26.0 Å². The molecule has 0 aliphatic rings. The number of halogens is 1. The minimum Gasteiger partial charge on any atom is -0.390 e. The van der Waals surface area contributed by atoms with Crippen LogP contribution in [0.3, 0.4) is 0 Å². The fourth-order valence-electron chi connectivity index (χ4n) is 1.40. The Labute approximate surface area is 96.5 Å². The Kier molecular flexibility index (Phi) is 4.90. The second-order valence-corrected chi connectivity index (χ2v) is 4.69. The normalized spacial score (nSPS) is 11.8. The standard InChI is InChI=1S/C13H20FNO/c1-13(2,16)8-10-15-9-7-11-3-5-12(14)6-4-11/h3-6,15-16H,7-10H2,1-2H3. The molecule has 1 rings (SSSR count). The van der Waals surface area contributed by atoms with Gasteiger partial charge in [-0.15, -0.1) is 0 Å². The molecule has 2 N–H and O–H groups in total. The van der Waals surface area contributed by atoms with E-state index in [-0.39, 0.29) is 5.82 Å². The molecule has 0 aromatic heterocycles. The maximum absolute atomic E-state index is 12.6. The van der Waals surface area contributed by atoms with Gasteiger partial charge in [0.05, 0.1) is 5.60 Å². The van der Waals surface area contributed by atoms with Crippen molar-refractivity contribution in [1.82, 2.24) is 5.32 Å². The van der Waals surface area contributed by atoms with Crippen LogP contribution in [0.25, 0.3) is 0 Å². The highest BCUT2D eigenvalue weighted by Crippen LogP contribution is 2.05. The molecule has 0 saturated heterocycles. The zero-order chi connectivity index (χ0) is 12.0. The highest BCUT2D eigenvalue weighted by molar-refractivity contribution is 5.16. The molecule has 1 aromatic carbocycles. The largest absolute Gasteiger partial charge is 0.390 e. The number of hydrogen-bond acceptors (Lipinski definition) is 2. The summed E-state index contributed by atoms with van der Waals surface area (Å²) >= 11 is 0. The number of rotatable bonds is 6. The van der Waals surface area contributed by atoms with Crippen LogP contribution in [0, 0.1) is 5.82 Å². The first-order chi connectivity index (χ1) is 7.47. The lowest BCUT2D eigenvalue weighted by atomic mass is 10.1. The molecule has 0 radical (unpaired) electrons. The Morgan fingerprint density at radius 1 is 1.19 bits per heavy atom. The van der Waals surface area contributed by atoms with Crippen molar-refractivity contribution in [2.45, 2.75) is 32.3 Å². The van der Waals surface area contributed by atoms with Gasteiger partial charge in [-0.1, -0.05) is 12.1 Å². The monoisotopic (exact) mass is 225 g/mol. The van der Waals surface area contributed by atoms with Crippen molar-refractivity contribution >= 4 is 0 Å². The van der Waals surface area contributed by atoms with Crippen LogP contribution < -0.4 is 5.32 Å². The zero-order valence-electron chi connectivity index (χ0n) is 9.96. The predicted molar refractivity (Wildman–Crippen MR) is 63.9 cm³/mol. The first-order valence-corrected chi connectivity index (χ1v) is 5.65. The lowest BCUT2D eigenvalue weighted by Gasteiger charge is -2.16. The molecule has 2 nitrogen and oxygen atoms in total. The van der Waals surface area contributed by atoms with Gasteiger partial charge in [0.25, 0.3) is 0 Å². The second-order valence-electron chi connectivity index (χ2n) is 4.69. The minimum absolute atomic E-state index is 0.196.